The molecule has 5 N–H and O–H groups in total. The lowest BCUT2D eigenvalue weighted by atomic mass is 10.0. The molecule has 4 heterocycles. The van der Waals surface area contributed by atoms with E-state index in [0.29, 0.717) is 23.0 Å². The Balaban J connectivity index is 1.11. The van der Waals surface area contributed by atoms with E-state index in [0.717, 1.165) is 22.3 Å². The van der Waals surface area contributed by atoms with E-state index in [1.165, 1.54) is 30.8 Å². The van der Waals surface area contributed by atoms with Crippen LogP contribution >= 0.6 is 0 Å². The van der Waals surface area contributed by atoms with Crippen LogP contribution in [0.4, 0.5) is 18.4 Å². The van der Waals surface area contributed by atoms with Gasteiger partial charge in [0.15, 0.2) is 0 Å². The summed E-state index contributed by atoms with van der Waals surface area (Å²) in [5.41, 5.74) is 4.96. The highest BCUT2D eigenvalue weighted by Crippen LogP contribution is 2.36. The van der Waals surface area contributed by atoms with Gasteiger partial charge in [0.25, 0.3) is 0 Å². The molecule has 0 aliphatic carbocycles. The van der Waals surface area contributed by atoms with Gasteiger partial charge in [-0.1, -0.05) is 48.5 Å². The number of imidazole rings is 2. The number of carbonyl (C=O) groups excluding carboxylic acids is 3. The number of ether oxygens (including phenoxy) is 1. The predicted octanol–water partition coefficient (Wildman–Crippen LogP) is 4.76. The third kappa shape index (κ3) is 7.54. The highest BCUT2D eigenvalue weighted by molar-refractivity contribution is 5.86. The summed E-state index contributed by atoms with van der Waals surface area (Å²) >= 11 is 0. The van der Waals surface area contributed by atoms with Gasteiger partial charge < -0.3 is 40.2 Å². The fraction of sp³-hybridized carbons (Fsp3) is 0.371. The van der Waals surface area contributed by atoms with Crippen molar-refractivity contribution in [3.8, 4) is 33.6 Å². The van der Waals surface area contributed by atoms with Gasteiger partial charge in [-0.15, -0.1) is 0 Å². The lowest BCUT2D eigenvalue weighted by Gasteiger charge is -2.26. The molecule has 2 aliphatic heterocycles. The van der Waals surface area contributed by atoms with Gasteiger partial charge in [0.05, 0.1) is 56.1 Å². The zero-order valence-electron chi connectivity index (χ0n) is 28.1. The second-order valence-corrected chi connectivity index (χ2v) is 12.7. The smallest absolute Gasteiger partial charge is 0.407 e. The van der Waals surface area contributed by atoms with Gasteiger partial charge in [0.2, 0.25) is 11.8 Å². The van der Waals surface area contributed by atoms with Crippen molar-refractivity contribution in [3.63, 3.8) is 0 Å². The molecule has 2 aromatic carbocycles. The van der Waals surface area contributed by atoms with Crippen molar-refractivity contribution in [2.75, 3.05) is 20.2 Å². The highest BCUT2D eigenvalue weighted by atomic mass is 19.1. The van der Waals surface area contributed by atoms with E-state index in [4.69, 9.17) is 5.11 Å². The number of carbonyl (C=O) groups is 4. The minimum atomic E-state index is -1.33. The quantitative estimate of drug-likeness (QED) is 0.165. The number of alkyl carbamates (subject to hydrolysis) is 1. The van der Waals surface area contributed by atoms with Crippen LogP contribution in [0, 0.1) is 0 Å². The predicted molar refractivity (Wildman–Crippen MR) is 181 cm³/mol. The first-order valence-corrected chi connectivity index (χ1v) is 16.5. The first kappa shape index (κ1) is 35.0. The van der Waals surface area contributed by atoms with Gasteiger partial charge >= 0.3 is 12.2 Å². The molecule has 2 aliphatic rings. The van der Waals surface area contributed by atoms with Crippen molar-refractivity contribution in [1.29, 1.82) is 0 Å². The van der Waals surface area contributed by atoms with Crippen LogP contribution in [0.25, 0.3) is 33.6 Å². The van der Waals surface area contributed by atoms with Crippen LogP contribution in [0.1, 0.15) is 50.4 Å². The molecule has 268 valence electrons. The molecule has 4 amide bonds. The second kappa shape index (κ2) is 14.6. The van der Waals surface area contributed by atoms with Crippen LogP contribution in [-0.2, 0) is 14.3 Å². The van der Waals surface area contributed by atoms with E-state index < -0.39 is 60.5 Å². The highest BCUT2D eigenvalue weighted by Gasteiger charge is 2.41. The third-order valence-electron chi connectivity index (χ3n) is 9.21. The Morgan fingerprint density at radius 1 is 0.745 bits per heavy atom. The number of methoxy groups -OCH3 is 1. The summed E-state index contributed by atoms with van der Waals surface area (Å²) in [5, 5.41) is 13.5. The number of alkyl halides is 2. The number of hydrogen-bond donors (Lipinski definition) is 5. The summed E-state index contributed by atoms with van der Waals surface area (Å²) in [6, 6.07) is 12.3. The molecule has 2 saturated heterocycles. The number of carboxylic acid groups (broad SMARTS) is 1. The maximum atomic E-state index is 14.5. The summed E-state index contributed by atoms with van der Waals surface area (Å²) in [4.78, 5) is 66.5. The van der Waals surface area contributed by atoms with Gasteiger partial charge in [-0.25, -0.2) is 28.3 Å². The molecule has 0 bridgehead atoms. The van der Waals surface area contributed by atoms with Gasteiger partial charge in [-0.2, -0.15) is 0 Å². The molecule has 51 heavy (non-hydrogen) atoms. The van der Waals surface area contributed by atoms with Crippen molar-refractivity contribution >= 4 is 24.0 Å². The number of aromatic nitrogens is 4. The average molecular weight is 705 g/mol. The Morgan fingerprint density at radius 3 is 1.53 bits per heavy atom. The molecule has 6 atom stereocenters. The molecular weight excluding hydrogens is 666 g/mol. The van der Waals surface area contributed by atoms with E-state index in [1.54, 1.807) is 12.4 Å². The number of benzene rings is 2. The standard InChI is InChI=1S/C35H38F2N8O6/c1-18(40-34(48)49)32(46)44-16-24(36)12-28(44)30-38-14-26(42-30)22-8-4-20(5-9-22)21-6-10-23(11-7-21)27-15-39-31(43-27)29-13-25(37)17-45(29)33(47)19(2)41-35(50)51-3/h4-11,14-15,18-19,24-25,28-29,40H,12-13,16-17H2,1-3H3,(H,38,42)(H,39,43)(H,41,50)(H,48,49)/t18-,19-,24-,25-,28-,29-/m0/s1. The van der Waals surface area contributed by atoms with Crippen molar-refractivity contribution in [1.82, 2.24) is 40.4 Å². The number of rotatable bonds is 9. The SMILES string of the molecule is COC(=O)N[C@@H](C)C(=O)N1C[C@@H](F)C[C@H]1c1ncc(-c2ccc(-c3ccc(-c4cnc([C@@H]5C[C@H](F)CN5C(=O)[C@H](C)NC(=O)O)[nH]4)cc3)cc2)[nH]1. The number of nitrogens with zero attached hydrogens (tertiary/aromatic N) is 4. The monoisotopic (exact) mass is 704 g/mol. The number of halogens is 2. The minimum Gasteiger partial charge on any atom is -0.465 e. The molecule has 4 aromatic rings. The van der Waals surface area contributed by atoms with E-state index in [2.05, 4.69) is 35.3 Å². The maximum absolute atomic E-state index is 14.5. The Bertz CT molecular complexity index is 1900. The molecule has 16 heteroatoms. The summed E-state index contributed by atoms with van der Waals surface area (Å²) in [7, 11) is 1.20. The van der Waals surface area contributed by atoms with Crippen LogP contribution < -0.4 is 10.6 Å². The van der Waals surface area contributed by atoms with Crippen LogP contribution in [0.2, 0.25) is 0 Å². The molecule has 0 radical (unpaired) electrons. The summed E-state index contributed by atoms with van der Waals surface area (Å²) in [6.45, 7) is 2.69. The van der Waals surface area contributed by atoms with Crippen molar-refractivity contribution in [3.05, 3.63) is 72.6 Å². The minimum absolute atomic E-state index is 0.0551. The molecule has 2 fully saturated rings. The van der Waals surface area contributed by atoms with Crippen LogP contribution in [0.15, 0.2) is 60.9 Å². The maximum Gasteiger partial charge on any atom is 0.407 e. The number of H-pyrrole nitrogens is 2. The van der Waals surface area contributed by atoms with Crippen LogP contribution in [0.3, 0.4) is 0 Å². The van der Waals surface area contributed by atoms with Crippen molar-refractivity contribution in [2.45, 2.75) is 63.2 Å². The van der Waals surface area contributed by atoms with Crippen molar-refractivity contribution in [2.24, 2.45) is 0 Å². The summed E-state index contributed by atoms with van der Waals surface area (Å²) < 4.78 is 33.5. The molecule has 6 rings (SSSR count). The zero-order chi connectivity index (χ0) is 36.4. The largest absolute Gasteiger partial charge is 0.465 e. The fourth-order valence-corrected chi connectivity index (χ4v) is 6.61. The Labute approximate surface area is 291 Å². The number of likely N-dealkylation sites (tertiary alicyclic amines) is 2. The van der Waals surface area contributed by atoms with Gasteiger partial charge in [-0.3, -0.25) is 9.59 Å². The van der Waals surface area contributed by atoms with Gasteiger partial charge in [-0.05, 0) is 36.1 Å². The first-order valence-electron chi connectivity index (χ1n) is 16.5. The van der Waals surface area contributed by atoms with Crippen molar-refractivity contribution < 1.29 is 37.8 Å². The normalized spacial score (nSPS) is 21.3. The number of hydrogen-bond acceptors (Lipinski definition) is 7. The lowest BCUT2D eigenvalue weighted by Crippen LogP contribution is -2.47. The molecule has 2 aromatic heterocycles. The Morgan fingerprint density at radius 2 is 1.14 bits per heavy atom. The topological polar surface area (TPSA) is 186 Å². The molecular formula is C35H38F2N8O6. The first-order chi connectivity index (χ1) is 24.4. The zero-order valence-corrected chi connectivity index (χ0v) is 28.1. The summed E-state index contributed by atoms with van der Waals surface area (Å²) in [5.74, 6) is -0.0835. The Hall–Kier alpha value is -5.80. The number of aromatic amines is 2. The second-order valence-electron chi connectivity index (χ2n) is 12.7. The van der Waals surface area contributed by atoms with E-state index in [-0.39, 0.29) is 25.9 Å². The van der Waals surface area contributed by atoms with Crippen LogP contribution in [0.5, 0.6) is 0 Å². The van der Waals surface area contributed by atoms with E-state index in [9.17, 15) is 28.0 Å². The molecule has 14 nitrogen and oxygen atoms in total. The van der Waals surface area contributed by atoms with Crippen LogP contribution in [-0.4, -0.2) is 103 Å². The number of nitrogens with one attached hydrogen (secondary N) is 4. The van der Waals surface area contributed by atoms with Gasteiger partial charge in [0, 0.05) is 12.8 Å². The summed E-state index contributed by atoms with van der Waals surface area (Å²) in [6.07, 6.45) is -1.16. The molecule has 0 spiro atoms. The van der Waals surface area contributed by atoms with Gasteiger partial charge in [0.1, 0.15) is 36.1 Å². The molecule has 0 unspecified atom stereocenters. The van der Waals surface area contributed by atoms with E-state index in [1.807, 2.05) is 48.5 Å². The lowest BCUT2D eigenvalue weighted by molar-refractivity contribution is -0.134. The molecule has 0 saturated carbocycles. The van der Waals surface area contributed by atoms with E-state index >= 15 is 0 Å². The Kier molecular flexibility index (Phi) is 10.0. The fourth-order valence-electron chi connectivity index (χ4n) is 6.61. The number of amides is 4. The average Bonchev–Trinajstić information content (AvgIpc) is 3.94. The third-order valence-corrected chi connectivity index (χ3v) is 9.21.